The molecule has 0 radical (unpaired) electrons. The van der Waals surface area contributed by atoms with Crippen molar-refractivity contribution in [3.63, 3.8) is 0 Å². The Morgan fingerprint density at radius 1 is 0.382 bits per heavy atom. The molecule has 0 amide bonds. The van der Waals surface area contributed by atoms with E-state index in [-0.39, 0.29) is 39.2 Å². The van der Waals surface area contributed by atoms with Gasteiger partial charge in [-0.2, -0.15) is 0 Å². The smallest absolute Gasteiger partial charge is 0.252 e. The average molecular weight is 893 g/mol. The van der Waals surface area contributed by atoms with E-state index in [1.165, 1.54) is 106 Å². The number of benzene rings is 7. The van der Waals surface area contributed by atoms with Crippen molar-refractivity contribution < 1.29 is 0 Å². The molecule has 0 saturated carbocycles. The molecule has 3 aliphatic rings. The highest BCUT2D eigenvalue weighted by atomic mass is 15.2. The lowest BCUT2D eigenvalue weighted by Gasteiger charge is -2.46. The maximum atomic E-state index is 2.70. The van der Waals surface area contributed by atoms with Crippen LogP contribution in [-0.4, -0.2) is 6.71 Å². The van der Waals surface area contributed by atoms with Gasteiger partial charge in [-0.05, 0) is 154 Å². The van der Waals surface area contributed by atoms with Crippen LogP contribution in [0.15, 0.2) is 140 Å². The van der Waals surface area contributed by atoms with Gasteiger partial charge in [0.05, 0.1) is 5.69 Å². The van der Waals surface area contributed by atoms with Gasteiger partial charge >= 0.3 is 0 Å². The van der Waals surface area contributed by atoms with Gasteiger partial charge in [0.25, 0.3) is 6.71 Å². The molecule has 2 aliphatic heterocycles. The third kappa shape index (κ3) is 7.64. The van der Waals surface area contributed by atoms with Gasteiger partial charge in [0, 0.05) is 34.0 Å². The summed E-state index contributed by atoms with van der Waals surface area (Å²) in [5.74, 6) is 0. The quantitative estimate of drug-likeness (QED) is 0.162. The summed E-state index contributed by atoms with van der Waals surface area (Å²) in [6, 6.07) is 54.7. The number of hydrogen-bond donors (Lipinski definition) is 0. The predicted molar refractivity (Wildman–Crippen MR) is 297 cm³/mol. The van der Waals surface area contributed by atoms with E-state index >= 15 is 0 Å². The SMILES string of the molecule is CC(C)(C)c1ccc(N2c3ccc(C(C)(C)C)cc3B3c4cc5c(cc4N(c4ccc(C(C)(C)C)cc4-c4ccc(-c6ccccc6)cc4)c4cc(C(C)(C)C)cc2c43)C(C)(C)CC5(C)C)cc1. The van der Waals surface area contributed by atoms with E-state index in [1.807, 2.05) is 0 Å². The molecule has 0 spiro atoms. The third-order valence-corrected chi connectivity index (χ3v) is 15.7. The van der Waals surface area contributed by atoms with Crippen LogP contribution in [0.25, 0.3) is 22.3 Å². The maximum Gasteiger partial charge on any atom is 0.252 e. The Morgan fingerprint density at radius 3 is 1.43 bits per heavy atom. The maximum absolute atomic E-state index is 2.70. The minimum atomic E-state index is -0.124. The van der Waals surface area contributed by atoms with Crippen molar-refractivity contribution in [1.82, 2.24) is 0 Å². The van der Waals surface area contributed by atoms with Crippen LogP contribution in [0.2, 0.25) is 0 Å². The van der Waals surface area contributed by atoms with Crippen LogP contribution in [0, 0.1) is 0 Å². The molecule has 346 valence electrons. The molecule has 68 heavy (non-hydrogen) atoms. The molecule has 0 atom stereocenters. The van der Waals surface area contributed by atoms with Gasteiger partial charge < -0.3 is 9.80 Å². The van der Waals surface area contributed by atoms with Crippen LogP contribution >= 0.6 is 0 Å². The molecule has 10 rings (SSSR count). The Labute approximate surface area is 409 Å². The van der Waals surface area contributed by atoms with E-state index in [2.05, 4.69) is 260 Å². The molecule has 0 bridgehead atoms. The fourth-order valence-electron chi connectivity index (χ4n) is 11.9. The van der Waals surface area contributed by atoms with Crippen LogP contribution < -0.4 is 26.2 Å². The normalized spacial score (nSPS) is 16.0. The number of hydrogen-bond acceptors (Lipinski definition) is 2. The highest BCUT2D eigenvalue weighted by molar-refractivity contribution is 7.00. The van der Waals surface area contributed by atoms with Crippen molar-refractivity contribution in [2.24, 2.45) is 0 Å². The Kier molecular flexibility index (Phi) is 10.4. The first-order valence-corrected chi connectivity index (χ1v) is 25.3. The van der Waals surface area contributed by atoms with Crippen molar-refractivity contribution >= 4 is 57.2 Å². The van der Waals surface area contributed by atoms with Gasteiger partial charge in [0.15, 0.2) is 0 Å². The second-order valence-electron chi connectivity index (χ2n) is 25.9. The Morgan fingerprint density at radius 2 is 0.853 bits per heavy atom. The molecule has 7 aromatic carbocycles. The molecular formula is C65H73BN2. The largest absolute Gasteiger partial charge is 0.311 e. The van der Waals surface area contributed by atoms with Crippen LogP contribution in [0.5, 0.6) is 0 Å². The molecule has 0 N–H and O–H groups in total. The summed E-state index contributed by atoms with van der Waals surface area (Å²) in [6.07, 6.45) is 1.11. The molecule has 7 aromatic rings. The first kappa shape index (κ1) is 46.0. The summed E-state index contributed by atoms with van der Waals surface area (Å²) >= 11 is 0. The molecule has 1 aliphatic carbocycles. The molecule has 2 nitrogen and oxygen atoms in total. The average Bonchev–Trinajstić information content (AvgIpc) is 3.45. The van der Waals surface area contributed by atoms with Gasteiger partial charge in [0.1, 0.15) is 0 Å². The van der Waals surface area contributed by atoms with Crippen molar-refractivity contribution in [3.8, 4) is 22.3 Å². The summed E-state index contributed by atoms with van der Waals surface area (Å²) in [5.41, 5.74) is 24.8. The van der Waals surface area contributed by atoms with Crippen LogP contribution in [-0.2, 0) is 32.5 Å². The second-order valence-corrected chi connectivity index (χ2v) is 25.9. The fourth-order valence-corrected chi connectivity index (χ4v) is 11.9. The molecule has 0 fully saturated rings. The van der Waals surface area contributed by atoms with Gasteiger partial charge in [-0.15, -0.1) is 0 Å². The number of fused-ring (bicyclic) bond motifs is 5. The first-order chi connectivity index (χ1) is 31.7. The minimum absolute atomic E-state index is 0.0182. The van der Waals surface area contributed by atoms with E-state index in [0.29, 0.717) is 0 Å². The Bertz CT molecular complexity index is 3100. The minimum Gasteiger partial charge on any atom is -0.311 e. The molecular weight excluding hydrogens is 820 g/mol. The number of rotatable bonds is 4. The summed E-state index contributed by atoms with van der Waals surface area (Å²) in [4.78, 5) is 5.31. The zero-order valence-electron chi connectivity index (χ0n) is 44.0. The summed E-state index contributed by atoms with van der Waals surface area (Å²) in [6.45, 7) is 38.1. The van der Waals surface area contributed by atoms with E-state index in [4.69, 9.17) is 0 Å². The summed E-state index contributed by atoms with van der Waals surface area (Å²) in [5, 5.41) is 0. The standard InChI is InChI=1S/C65H73BN2/c1-60(2,3)44-26-30-48(31-27-44)67-55-33-29-46(62(7,8)9)35-52(55)66-53-38-50-51(65(15,16)40-64(50,13)14)39-56(53)68(58-37-47(63(10,11)12)36-57(67)59(58)66)54-32-28-45(61(4,5)6)34-49(54)43-24-22-42(23-25-43)41-20-18-17-19-21-41/h17-39H,40H2,1-16H3. The van der Waals surface area contributed by atoms with Gasteiger partial charge in [-0.3, -0.25) is 0 Å². The van der Waals surface area contributed by atoms with E-state index in [0.717, 1.165) is 6.42 Å². The van der Waals surface area contributed by atoms with Crippen molar-refractivity contribution in [1.29, 1.82) is 0 Å². The molecule has 0 aromatic heterocycles. The monoisotopic (exact) mass is 893 g/mol. The topological polar surface area (TPSA) is 6.48 Å². The molecule has 3 heteroatoms. The third-order valence-electron chi connectivity index (χ3n) is 15.7. The van der Waals surface area contributed by atoms with E-state index < -0.39 is 0 Å². The molecule has 0 saturated heterocycles. The summed E-state index contributed by atoms with van der Waals surface area (Å²) in [7, 11) is 0. The first-order valence-electron chi connectivity index (χ1n) is 25.3. The van der Waals surface area contributed by atoms with Gasteiger partial charge in [-0.1, -0.05) is 202 Å². The second kappa shape index (κ2) is 15.4. The highest BCUT2D eigenvalue weighted by Gasteiger charge is 2.49. The lowest BCUT2D eigenvalue weighted by atomic mass is 9.33. The number of anilines is 6. The predicted octanol–water partition coefficient (Wildman–Crippen LogP) is 16.3. The zero-order chi connectivity index (χ0) is 48.7. The highest BCUT2D eigenvalue weighted by Crippen LogP contribution is 2.54. The van der Waals surface area contributed by atoms with Crippen molar-refractivity contribution in [3.05, 3.63) is 173 Å². The van der Waals surface area contributed by atoms with Crippen LogP contribution in [0.4, 0.5) is 34.1 Å². The number of nitrogens with zero attached hydrogens (tertiary/aromatic N) is 2. The lowest BCUT2D eigenvalue weighted by Crippen LogP contribution is -2.62. The molecule has 0 unspecified atom stereocenters. The van der Waals surface area contributed by atoms with Crippen LogP contribution in [0.1, 0.15) is 151 Å². The van der Waals surface area contributed by atoms with E-state index in [1.54, 1.807) is 0 Å². The van der Waals surface area contributed by atoms with Crippen molar-refractivity contribution in [2.75, 3.05) is 9.80 Å². The van der Waals surface area contributed by atoms with Gasteiger partial charge in [-0.25, -0.2) is 0 Å². The van der Waals surface area contributed by atoms with Crippen LogP contribution in [0.3, 0.4) is 0 Å². The summed E-state index contributed by atoms with van der Waals surface area (Å²) < 4.78 is 0. The van der Waals surface area contributed by atoms with Crippen molar-refractivity contribution in [2.45, 2.75) is 150 Å². The Balaban J connectivity index is 1.34. The molecule has 2 heterocycles. The Hall–Kier alpha value is -5.80. The van der Waals surface area contributed by atoms with E-state index in [9.17, 15) is 0 Å². The zero-order valence-corrected chi connectivity index (χ0v) is 44.0. The van der Waals surface area contributed by atoms with Gasteiger partial charge in [0.2, 0.25) is 0 Å². The lowest BCUT2D eigenvalue weighted by molar-refractivity contribution is 0.403. The fraction of sp³-hybridized carbons (Fsp3) is 0.354.